The van der Waals surface area contributed by atoms with Crippen LogP contribution in [-0.2, 0) is 9.53 Å². The lowest BCUT2D eigenvalue weighted by atomic mass is 10.1. The molecule has 5 nitrogen and oxygen atoms in total. The highest BCUT2D eigenvalue weighted by atomic mass is 35.5. The Hall–Kier alpha value is -1.56. The van der Waals surface area contributed by atoms with Gasteiger partial charge in [-0.05, 0) is 26.0 Å². The maximum absolute atomic E-state index is 12.4. The van der Waals surface area contributed by atoms with Crippen LogP contribution in [-0.4, -0.2) is 37.1 Å². The SMILES string of the molecule is CCN(C(=O)C(N)COC)C(C)c1cc2ccccc2o1.Cl. The standard InChI is InChI=1S/C16H22N2O3.ClH/c1-4-18(16(19)13(17)10-20-3)11(2)15-9-12-7-5-6-8-14(12)21-15;/h5-9,11,13H,4,10,17H2,1-3H3;1H. The van der Waals surface area contributed by atoms with E-state index in [1.807, 2.05) is 44.2 Å². The molecular formula is C16H23ClN2O3. The summed E-state index contributed by atoms with van der Waals surface area (Å²) in [5, 5.41) is 1.03. The number of nitrogens with zero attached hydrogens (tertiary/aromatic N) is 1. The average Bonchev–Trinajstić information content (AvgIpc) is 2.91. The summed E-state index contributed by atoms with van der Waals surface area (Å²) < 4.78 is 10.8. The molecule has 0 aliphatic carbocycles. The molecule has 2 N–H and O–H groups in total. The van der Waals surface area contributed by atoms with E-state index in [1.165, 1.54) is 7.11 Å². The van der Waals surface area contributed by atoms with Crippen molar-refractivity contribution >= 4 is 29.3 Å². The number of rotatable bonds is 6. The molecule has 2 atom stereocenters. The van der Waals surface area contributed by atoms with E-state index in [0.29, 0.717) is 6.54 Å². The Bertz CT molecular complexity index is 581. The molecule has 1 aromatic heterocycles. The van der Waals surface area contributed by atoms with E-state index >= 15 is 0 Å². The molecule has 6 heteroatoms. The van der Waals surface area contributed by atoms with Gasteiger partial charge in [-0.3, -0.25) is 4.79 Å². The molecule has 22 heavy (non-hydrogen) atoms. The van der Waals surface area contributed by atoms with E-state index in [4.69, 9.17) is 14.9 Å². The number of ether oxygens (including phenoxy) is 1. The molecule has 0 fully saturated rings. The summed E-state index contributed by atoms with van der Waals surface area (Å²) in [6.07, 6.45) is 0. The fraction of sp³-hybridized carbons (Fsp3) is 0.438. The second-order valence-corrected chi connectivity index (χ2v) is 5.05. The van der Waals surface area contributed by atoms with Crippen LogP contribution in [0.25, 0.3) is 11.0 Å². The van der Waals surface area contributed by atoms with Gasteiger partial charge in [0.2, 0.25) is 5.91 Å². The Kier molecular flexibility index (Phi) is 6.87. The molecule has 122 valence electrons. The molecule has 0 saturated carbocycles. The van der Waals surface area contributed by atoms with E-state index < -0.39 is 6.04 Å². The van der Waals surface area contributed by atoms with Crippen molar-refractivity contribution in [2.45, 2.75) is 25.9 Å². The number of carbonyl (C=O) groups is 1. The van der Waals surface area contributed by atoms with Gasteiger partial charge < -0.3 is 19.8 Å². The van der Waals surface area contributed by atoms with Crippen LogP contribution in [0.3, 0.4) is 0 Å². The van der Waals surface area contributed by atoms with Gasteiger partial charge in [-0.1, -0.05) is 18.2 Å². The summed E-state index contributed by atoms with van der Waals surface area (Å²) in [6.45, 7) is 4.64. The van der Waals surface area contributed by atoms with Crippen LogP contribution in [0, 0.1) is 0 Å². The first-order valence-electron chi connectivity index (χ1n) is 7.12. The van der Waals surface area contributed by atoms with Crippen molar-refractivity contribution in [3.05, 3.63) is 36.1 Å². The Morgan fingerprint density at radius 1 is 1.41 bits per heavy atom. The van der Waals surface area contributed by atoms with Crippen molar-refractivity contribution in [3.8, 4) is 0 Å². The van der Waals surface area contributed by atoms with Crippen molar-refractivity contribution in [2.24, 2.45) is 5.73 Å². The highest BCUT2D eigenvalue weighted by Crippen LogP contribution is 2.27. The van der Waals surface area contributed by atoms with E-state index in [2.05, 4.69) is 0 Å². The quantitative estimate of drug-likeness (QED) is 0.886. The van der Waals surface area contributed by atoms with Gasteiger partial charge in [-0.25, -0.2) is 0 Å². The Morgan fingerprint density at radius 3 is 2.68 bits per heavy atom. The summed E-state index contributed by atoms with van der Waals surface area (Å²) in [6, 6.07) is 8.95. The topological polar surface area (TPSA) is 68.7 Å². The fourth-order valence-corrected chi connectivity index (χ4v) is 2.45. The monoisotopic (exact) mass is 326 g/mol. The molecule has 2 aromatic rings. The minimum atomic E-state index is -0.651. The molecule has 2 rings (SSSR count). The Morgan fingerprint density at radius 2 is 2.09 bits per heavy atom. The molecule has 1 heterocycles. The third kappa shape index (κ3) is 3.80. The summed E-state index contributed by atoms with van der Waals surface area (Å²) >= 11 is 0. The summed E-state index contributed by atoms with van der Waals surface area (Å²) in [4.78, 5) is 14.1. The maximum Gasteiger partial charge on any atom is 0.242 e. The number of fused-ring (bicyclic) bond motifs is 1. The van der Waals surface area contributed by atoms with Gasteiger partial charge in [-0.15, -0.1) is 12.4 Å². The average molecular weight is 327 g/mol. The number of methoxy groups -OCH3 is 1. The normalized spacial score (nSPS) is 13.5. The number of amides is 1. The first kappa shape index (κ1) is 18.5. The second kappa shape index (κ2) is 8.17. The third-order valence-corrected chi connectivity index (χ3v) is 3.61. The minimum absolute atomic E-state index is 0. The summed E-state index contributed by atoms with van der Waals surface area (Å²) in [7, 11) is 1.53. The van der Waals surface area contributed by atoms with Gasteiger partial charge in [0.1, 0.15) is 17.4 Å². The molecule has 0 radical (unpaired) electrons. The summed E-state index contributed by atoms with van der Waals surface area (Å²) in [5.74, 6) is 0.628. The van der Waals surface area contributed by atoms with Crippen molar-refractivity contribution < 1.29 is 13.9 Å². The van der Waals surface area contributed by atoms with Crippen molar-refractivity contribution in [1.29, 1.82) is 0 Å². The molecule has 0 bridgehead atoms. The molecule has 0 aliphatic rings. The van der Waals surface area contributed by atoms with Gasteiger partial charge in [-0.2, -0.15) is 0 Å². The van der Waals surface area contributed by atoms with E-state index in [9.17, 15) is 4.79 Å². The van der Waals surface area contributed by atoms with E-state index in [0.717, 1.165) is 16.7 Å². The predicted octanol–water partition coefficient (Wildman–Crippen LogP) is 2.74. The zero-order chi connectivity index (χ0) is 15.4. The molecular weight excluding hydrogens is 304 g/mol. The smallest absolute Gasteiger partial charge is 0.242 e. The zero-order valence-electron chi connectivity index (χ0n) is 13.1. The molecule has 1 aromatic carbocycles. The van der Waals surface area contributed by atoms with Crippen LogP contribution >= 0.6 is 12.4 Å². The minimum Gasteiger partial charge on any atom is -0.459 e. The maximum atomic E-state index is 12.4. The van der Waals surface area contributed by atoms with Gasteiger partial charge >= 0.3 is 0 Å². The lowest BCUT2D eigenvalue weighted by molar-refractivity contribution is -0.136. The largest absolute Gasteiger partial charge is 0.459 e. The number of hydrogen-bond donors (Lipinski definition) is 1. The van der Waals surface area contributed by atoms with Crippen LogP contribution in [0.2, 0.25) is 0 Å². The Balaban J connectivity index is 0.00000242. The van der Waals surface area contributed by atoms with Crippen molar-refractivity contribution in [3.63, 3.8) is 0 Å². The third-order valence-electron chi connectivity index (χ3n) is 3.61. The molecule has 2 unspecified atom stereocenters. The number of nitrogens with two attached hydrogens (primary N) is 1. The first-order chi connectivity index (χ1) is 10.1. The molecule has 0 aliphatic heterocycles. The number of halogens is 1. The molecule has 0 saturated heterocycles. The highest BCUT2D eigenvalue weighted by molar-refractivity contribution is 5.85. The lowest BCUT2D eigenvalue weighted by Crippen LogP contribution is -2.46. The number of likely N-dealkylation sites (N-methyl/N-ethyl adjacent to an activating group) is 1. The Labute approximate surface area is 136 Å². The summed E-state index contributed by atoms with van der Waals surface area (Å²) in [5.41, 5.74) is 6.67. The molecule has 0 spiro atoms. The molecule has 1 amide bonds. The second-order valence-electron chi connectivity index (χ2n) is 5.05. The van der Waals surface area contributed by atoms with Crippen LogP contribution in [0.15, 0.2) is 34.7 Å². The van der Waals surface area contributed by atoms with Gasteiger partial charge in [0.05, 0.1) is 12.6 Å². The van der Waals surface area contributed by atoms with Gasteiger partial charge in [0.15, 0.2) is 0 Å². The highest BCUT2D eigenvalue weighted by Gasteiger charge is 2.26. The number of benzene rings is 1. The fourth-order valence-electron chi connectivity index (χ4n) is 2.45. The predicted molar refractivity (Wildman–Crippen MR) is 89.1 cm³/mol. The lowest BCUT2D eigenvalue weighted by Gasteiger charge is -2.29. The van der Waals surface area contributed by atoms with Crippen LogP contribution in [0.4, 0.5) is 0 Å². The zero-order valence-corrected chi connectivity index (χ0v) is 13.9. The van der Waals surface area contributed by atoms with Crippen molar-refractivity contribution in [2.75, 3.05) is 20.3 Å². The number of hydrogen-bond acceptors (Lipinski definition) is 4. The number of carbonyl (C=O) groups excluding carboxylic acids is 1. The van der Waals surface area contributed by atoms with E-state index in [1.54, 1.807) is 4.90 Å². The van der Waals surface area contributed by atoms with E-state index in [-0.39, 0.29) is 31.0 Å². The van der Waals surface area contributed by atoms with Gasteiger partial charge in [0, 0.05) is 19.0 Å². The number of para-hydroxylation sites is 1. The first-order valence-corrected chi connectivity index (χ1v) is 7.12. The van der Waals surface area contributed by atoms with Crippen LogP contribution in [0.1, 0.15) is 25.6 Å². The van der Waals surface area contributed by atoms with Crippen LogP contribution < -0.4 is 5.73 Å². The van der Waals surface area contributed by atoms with Crippen molar-refractivity contribution in [1.82, 2.24) is 4.90 Å². The van der Waals surface area contributed by atoms with Crippen LogP contribution in [0.5, 0.6) is 0 Å². The number of furan rings is 1. The van der Waals surface area contributed by atoms with Gasteiger partial charge in [0.25, 0.3) is 0 Å².